The average Bonchev–Trinajstić information content (AvgIpc) is 2.93. The van der Waals surface area contributed by atoms with Crippen LogP contribution in [0.15, 0.2) is 6.33 Å². The molecule has 1 fully saturated rings. The van der Waals surface area contributed by atoms with Crippen molar-refractivity contribution >= 4 is 17.0 Å². The average molecular weight is 281 g/mol. The van der Waals surface area contributed by atoms with Crippen LogP contribution in [0.3, 0.4) is 0 Å². The van der Waals surface area contributed by atoms with E-state index in [4.69, 9.17) is 15.6 Å². The van der Waals surface area contributed by atoms with Gasteiger partial charge in [-0.15, -0.1) is 0 Å². The molecule has 9 heteroatoms. The second-order valence-electron chi connectivity index (χ2n) is 4.71. The first-order chi connectivity index (χ1) is 9.52. The van der Waals surface area contributed by atoms with Gasteiger partial charge in [0.05, 0.1) is 12.9 Å². The van der Waals surface area contributed by atoms with Gasteiger partial charge in [-0.25, -0.2) is 15.0 Å². The standard InChI is InChI=1S/C11H15N5O4/c1-4-14-9(12)6-10(15-4)16(3-13-6)11-8(19)7(18)5(2-17)20-11/h3,5,7-8,11,17-19H,2H2,1H3,(H2,12,14,15)/t5-,7+,8+,11-/m1/s1. The molecule has 5 N–H and O–H groups in total. The van der Waals surface area contributed by atoms with Gasteiger partial charge >= 0.3 is 0 Å². The van der Waals surface area contributed by atoms with Crippen molar-refractivity contribution in [1.82, 2.24) is 19.5 Å². The number of aromatic nitrogens is 4. The molecule has 0 saturated carbocycles. The highest BCUT2D eigenvalue weighted by atomic mass is 16.6. The first-order valence-corrected chi connectivity index (χ1v) is 6.12. The highest BCUT2D eigenvalue weighted by Gasteiger charge is 2.44. The van der Waals surface area contributed by atoms with Crippen molar-refractivity contribution in [2.24, 2.45) is 0 Å². The summed E-state index contributed by atoms with van der Waals surface area (Å²) in [5.74, 6) is 0.696. The Morgan fingerprint density at radius 3 is 2.75 bits per heavy atom. The number of nitrogen functional groups attached to an aromatic ring is 1. The van der Waals surface area contributed by atoms with Crippen molar-refractivity contribution in [1.29, 1.82) is 0 Å². The number of rotatable bonds is 2. The SMILES string of the molecule is Cc1nc(N)c2ncn([C@@H]3O[C@H](CO)[C@H](O)[C@@H]3O)c2n1. The zero-order valence-corrected chi connectivity index (χ0v) is 10.7. The van der Waals surface area contributed by atoms with Gasteiger partial charge < -0.3 is 25.8 Å². The lowest BCUT2D eigenvalue weighted by Crippen LogP contribution is -2.33. The fourth-order valence-electron chi connectivity index (χ4n) is 2.35. The van der Waals surface area contributed by atoms with Crippen LogP contribution in [0.5, 0.6) is 0 Å². The van der Waals surface area contributed by atoms with Crippen LogP contribution in [0, 0.1) is 6.92 Å². The molecule has 9 nitrogen and oxygen atoms in total. The van der Waals surface area contributed by atoms with Crippen LogP contribution < -0.4 is 5.73 Å². The van der Waals surface area contributed by atoms with Crippen LogP contribution in [0.1, 0.15) is 12.1 Å². The van der Waals surface area contributed by atoms with Gasteiger partial charge in [0, 0.05) is 0 Å². The third kappa shape index (κ3) is 1.83. The topological polar surface area (TPSA) is 140 Å². The normalized spacial score (nSPS) is 30.2. The Balaban J connectivity index is 2.07. The summed E-state index contributed by atoms with van der Waals surface area (Å²) in [5, 5.41) is 28.9. The molecule has 0 unspecified atom stereocenters. The molecule has 2 aromatic heterocycles. The number of anilines is 1. The number of ether oxygens (including phenoxy) is 1. The van der Waals surface area contributed by atoms with Gasteiger partial charge in [-0.2, -0.15) is 0 Å². The number of aryl methyl sites for hydroxylation is 1. The lowest BCUT2D eigenvalue weighted by molar-refractivity contribution is -0.0511. The third-order valence-corrected chi connectivity index (χ3v) is 3.35. The molecule has 0 aromatic carbocycles. The molecule has 1 saturated heterocycles. The van der Waals surface area contributed by atoms with E-state index in [0.29, 0.717) is 17.0 Å². The fraction of sp³-hybridized carbons (Fsp3) is 0.545. The predicted molar refractivity (Wildman–Crippen MR) is 67.5 cm³/mol. The van der Waals surface area contributed by atoms with E-state index in [1.807, 2.05) is 0 Å². The van der Waals surface area contributed by atoms with Crippen molar-refractivity contribution in [3.8, 4) is 0 Å². The number of nitrogens with zero attached hydrogens (tertiary/aromatic N) is 4. The maximum absolute atomic E-state index is 10.0. The van der Waals surface area contributed by atoms with Gasteiger partial charge in [-0.1, -0.05) is 0 Å². The van der Waals surface area contributed by atoms with Crippen molar-refractivity contribution in [3.05, 3.63) is 12.2 Å². The maximum Gasteiger partial charge on any atom is 0.167 e. The Hall–Kier alpha value is -1.81. The number of hydrogen-bond acceptors (Lipinski definition) is 8. The number of fused-ring (bicyclic) bond motifs is 1. The zero-order valence-electron chi connectivity index (χ0n) is 10.7. The molecule has 4 atom stereocenters. The van der Waals surface area contributed by atoms with Crippen LogP contribution >= 0.6 is 0 Å². The van der Waals surface area contributed by atoms with Crippen LogP contribution in [0.4, 0.5) is 5.82 Å². The highest BCUT2D eigenvalue weighted by molar-refractivity contribution is 5.81. The largest absolute Gasteiger partial charge is 0.394 e. The predicted octanol–water partition coefficient (Wildman–Crippen LogP) is -1.67. The second kappa shape index (κ2) is 4.63. The molecule has 0 radical (unpaired) electrons. The number of aliphatic hydroxyl groups excluding tert-OH is 3. The first-order valence-electron chi connectivity index (χ1n) is 6.12. The summed E-state index contributed by atoms with van der Waals surface area (Å²) in [6, 6.07) is 0. The van der Waals surface area contributed by atoms with Crippen LogP contribution in [-0.4, -0.2) is 59.8 Å². The van der Waals surface area contributed by atoms with Crippen LogP contribution in [0.2, 0.25) is 0 Å². The molecular formula is C11H15N5O4. The fourth-order valence-corrected chi connectivity index (χ4v) is 2.35. The van der Waals surface area contributed by atoms with Gasteiger partial charge in [0.2, 0.25) is 0 Å². The molecule has 2 aromatic rings. The molecule has 3 heterocycles. The summed E-state index contributed by atoms with van der Waals surface area (Å²) in [6.07, 6.45) is -2.70. The summed E-state index contributed by atoms with van der Waals surface area (Å²) in [4.78, 5) is 12.3. The Morgan fingerprint density at radius 2 is 2.10 bits per heavy atom. The van der Waals surface area contributed by atoms with Gasteiger partial charge in [0.25, 0.3) is 0 Å². The van der Waals surface area contributed by atoms with E-state index in [-0.39, 0.29) is 5.82 Å². The van der Waals surface area contributed by atoms with E-state index in [9.17, 15) is 10.2 Å². The van der Waals surface area contributed by atoms with Gasteiger partial charge in [0.1, 0.15) is 29.7 Å². The van der Waals surface area contributed by atoms with E-state index >= 15 is 0 Å². The molecule has 1 aliphatic heterocycles. The second-order valence-corrected chi connectivity index (χ2v) is 4.71. The summed E-state index contributed by atoms with van der Waals surface area (Å²) in [5.41, 5.74) is 6.57. The molecule has 1 aliphatic rings. The molecule has 0 bridgehead atoms. The van der Waals surface area contributed by atoms with E-state index in [1.165, 1.54) is 10.9 Å². The van der Waals surface area contributed by atoms with Crippen LogP contribution in [-0.2, 0) is 4.74 Å². The lowest BCUT2D eigenvalue weighted by Gasteiger charge is -2.16. The summed E-state index contributed by atoms with van der Waals surface area (Å²) < 4.78 is 6.92. The van der Waals surface area contributed by atoms with Gasteiger partial charge in [-0.05, 0) is 6.92 Å². The molecular weight excluding hydrogens is 266 g/mol. The highest BCUT2D eigenvalue weighted by Crippen LogP contribution is 2.31. The first kappa shape index (κ1) is 13.2. The van der Waals surface area contributed by atoms with E-state index in [2.05, 4.69) is 15.0 Å². The molecule has 108 valence electrons. The summed E-state index contributed by atoms with van der Waals surface area (Å²) >= 11 is 0. The Labute approximate surface area is 113 Å². The molecule has 20 heavy (non-hydrogen) atoms. The molecule has 3 rings (SSSR count). The summed E-state index contributed by atoms with van der Waals surface area (Å²) in [6.45, 7) is 1.29. The van der Waals surface area contributed by atoms with Crippen molar-refractivity contribution in [2.75, 3.05) is 12.3 Å². The van der Waals surface area contributed by atoms with Crippen molar-refractivity contribution in [2.45, 2.75) is 31.5 Å². The Morgan fingerprint density at radius 1 is 1.35 bits per heavy atom. The minimum Gasteiger partial charge on any atom is -0.394 e. The number of nitrogens with two attached hydrogens (primary N) is 1. The minimum absolute atomic E-state index is 0.234. The number of aliphatic hydroxyl groups is 3. The number of imidazole rings is 1. The third-order valence-electron chi connectivity index (χ3n) is 3.35. The lowest BCUT2D eigenvalue weighted by atomic mass is 10.1. The maximum atomic E-state index is 10.0. The van der Waals surface area contributed by atoms with E-state index < -0.39 is 31.1 Å². The molecule has 0 spiro atoms. The van der Waals surface area contributed by atoms with Gasteiger partial charge in [0.15, 0.2) is 17.7 Å². The zero-order chi connectivity index (χ0) is 14.4. The molecule has 0 amide bonds. The molecule has 0 aliphatic carbocycles. The minimum atomic E-state index is -1.19. The quantitative estimate of drug-likeness (QED) is 0.512. The Bertz CT molecular complexity index is 645. The van der Waals surface area contributed by atoms with Crippen molar-refractivity contribution in [3.63, 3.8) is 0 Å². The van der Waals surface area contributed by atoms with E-state index in [0.717, 1.165) is 0 Å². The summed E-state index contributed by atoms with van der Waals surface area (Å²) in [7, 11) is 0. The smallest absolute Gasteiger partial charge is 0.167 e. The van der Waals surface area contributed by atoms with E-state index in [1.54, 1.807) is 6.92 Å². The number of hydrogen-bond donors (Lipinski definition) is 4. The Kier molecular flexibility index (Phi) is 3.05. The van der Waals surface area contributed by atoms with Crippen molar-refractivity contribution < 1.29 is 20.1 Å². The van der Waals surface area contributed by atoms with Gasteiger partial charge in [-0.3, -0.25) is 4.57 Å². The monoisotopic (exact) mass is 281 g/mol. The van der Waals surface area contributed by atoms with Crippen LogP contribution in [0.25, 0.3) is 11.2 Å².